The van der Waals surface area contributed by atoms with Crippen molar-refractivity contribution in [2.24, 2.45) is 0 Å². The molecule has 4 nitrogen and oxygen atoms in total. The molecule has 2 aromatic rings. The first-order valence-corrected chi connectivity index (χ1v) is 10.7. The van der Waals surface area contributed by atoms with E-state index in [0.29, 0.717) is 12.8 Å². The standard InChI is InChI=1S/C25H29NO3/c1-2-16-25(17-15-19-9-5-3-6-10-19)18-22(27)23(24(28)29-25)26(21-13-14-21)20-11-7-4-8-12-20/h3-12,21,23H,2,13-18H2,1H3. The fraction of sp³-hybridized carbons (Fsp3) is 0.440. The minimum atomic E-state index is -0.813. The third-order valence-electron chi connectivity index (χ3n) is 6.03. The monoisotopic (exact) mass is 391 g/mol. The van der Waals surface area contributed by atoms with Gasteiger partial charge in [-0.2, -0.15) is 0 Å². The van der Waals surface area contributed by atoms with Crippen LogP contribution < -0.4 is 4.90 Å². The Balaban J connectivity index is 1.54. The van der Waals surface area contributed by atoms with Crippen molar-refractivity contribution in [3.63, 3.8) is 0 Å². The first-order valence-electron chi connectivity index (χ1n) is 10.7. The van der Waals surface area contributed by atoms with Crippen LogP contribution in [0.5, 0.6) is 0 Å². The normalized spacial score (nSPS) is 24.2. The lowest BCUT2D eigenvalue weighted by atomic mass is 9.82. The van der Waals surface area contributed by atoms with Gasteiger partial charge >= 0.3 is 5.97 Å². The number of para-hydroxylation sites is 1. The molecule has 2 atom stereocenters. The van der Waals surface area contributed by atoms with Gasteiger partial charge < -0.3 is 9.64 Å². The summed E-state index contributed by atoms with van der Waals surface area (Å²) >= 11 is 0. The molecule has 4 heteroatoms. The first-order chi connectivity index (χ1) is 14.1. The molecule has 0 aromatic heterocycles. The summed E-state index contributed by atoms with van der Waals surface area (Å²) in [5.74, 6) is -0.378. The quantitative estimate of drug-likeness (QED) is 0.483. The molecule has 1 aliphatic carbocycles. The number of rotatable bonds is 8. The Morgan fingerprint density at radius 3 is 2.21 bits per heavy atom. The first kappa shape index (κ1) is 19.7. The van der Waals surface area contributed by atoms with Crippen molar-refractivity contribution in [2.45, 2.75) is 69.6 Å². The second kappa shape index (κ2) is 8.40. The lowest BCUT2D eigenvalue weighted by Gasteiger charge is -2.42. The molecule has 4 rings (SSSR count). The van der Waals surface area contributed by atoms with Crippen molar-refractivity contribution in [3.8, 4) is 0 Å². The van der Waals surface area contributed by atoms with E-state index in [4.69, 9.17) is 4.74 Å². The molecule has 1 aliphatic heterocycles. The van der Waals surface area contributed by atoms with Crippen LogP contribution in [0, 0.1) is 0 Å². The van der Waals surface area contributed by atoms with E-state index in [1.165, 1.54) is 5.56 Å². The Labute approximate surface area is 172 Å². The molecule has 1 heterocycles. The van der Waals surface area contributed by atoms with Gasteiger partial charge in [-0.25, -0.2) is 4.79 Å². The summed E-state index contributed by atoms with van der Waals surface area (Å²) in [6.45, 7) is 2.08. The van der Waals surface area contributed by atoms with Gasteiger partial charge in [-0.15, -0.1) is 0 Å². The van der Waals surface area contributed by atoms with Gasteiger partial charge in [0.2, 0.25) is 0 Å². The number of ether oxygens (including phenoxy) is 1. The molecule has 0 radical (unpaired) electrons. The molecule has 1 saturated heterocycles. The highest BCUT2D eigenvalue weighted by Gasteiger charge is 2.51. The molecule has 1 saturated carbocycles. The maximum atomic E-state index is 13.3. The summed E-state index contributed by atoms with van der Waals surface area (Å²) in [5, 5.41) is 0. The highest BCUT2D eigenvalue weighted by Crippen LogP contribution is 2.39. The SMILES string of the molecule is CCCC1(CCc2ccccc2)CC(=O)C(N(c2ccccc2)C2CC2)C(=O)O1. The van der Waals surface area contributed by atoms with Crippen molar-refractivity contribution in [1.82, 2.24) is 0 Å². The van der Waals surface area contributed by atoms with E-state index >= 15 is 0 Å². The van der Waals surface area contributed by atoms with Crippen LogP contribution >= 0.6 is 0 Å². The van der Waals surface area contributed by atoms with Crippen LogP contribution in [0.4, 0.5) is 5.69 Å². The van der Waals surface area contributed by atoms with Gasteiger partial charge in [0.1, 0.15) is 5.60 Å². The van der Waals surface area contributed by atoms with Crippen LogP contribution in [0.25, 0.3) is 0 Å². The smallest absolute Gasteiger partial charge is 0.337 e. The van der Waals surface area contributed by atoms with Crippen molar-refractivity contribution >= 4 is 17.4 Å². The number of nitrogens with zero attached hydrogens (tertiary/aromatic N) is 1. The number of esters is 1. The Morgan fingerprint density at radius 2 is 1.62 bits per heavy atom. The summed E-state index contributed by atoms with van der Waals surface area (Å²) in [7, 11) is 0. The molecule has 152 valence electrons. The zero-order chi connectivity index (χ0) is 20.3. The Hall–Kier alpha value is -2.62. The molecular weight excluding hydrogens is 362 g/mol. The van der Waals surface area contributed by atoms with Crippen LogP contribution in [-0.2, 0) is 20.7 Å². The van der Waals surface area contributed by atoms with Crippen LogP contribution in [-0.4, -0.2) is 29.4 Å². The Morgan fingerprint density at radius 1 is 0.966 bits per heavy atom. The number of ketones is 1. The van der Waals surface area contributed by atoms with Gasteiger partial charge in [-0.1, -0.05) is 61.9 Å². The van der Waals surface area contributed by atoms with Gasteiger partial charge in [0, 0.05) is 18.2 Å². The van der Waals surface area contributed by atoms with Crippen LogP contribution in [0.2, 0.25) is 0 Å². The zero-order valence-corrected chi connectivity index (χ0v) is 17.0. The number of hydrogen-bond donors (Lipinski definition) is 0. The van der Waals surface area contributed by atoms with E-state index in [9.17, 15) is 9.59 Å². The summed E-state index contributed by atoms with van der Waals surface area (Å²) in [6.07, 6.45) is 5.42. The minimum Gasteiger partial charge on any atom is -0.457 e. The third-order valence-corrected chi connectivity index (χ3v) is 6.03. The summed E-state index contributed by atoms with van der Waals surface area (Å²) < 4.78 is 6.10. The van der Waals surface area contributed by atoms with Crippen LogP contribution in [0.1, 0.15) is 51.0 Å². The average Bonchev–Trinajstić information content (AvgIpc) is 3.56. The maximum absolute atomic E-state index is 13.3. The second-order valence-electron chi connectivity index (χ2n) is 8.36. The van der Waals surface area contributed by atoms with Crippen molar-refractivity contribution in [2.75, 3.05) is 4.90 Å². The third kappa shape index (κ3) is 4.36. The molecule has 2 aliphatic rings. The topological polar surface area (TPSA) is 46.6 Å². The molecule has 2 fully saturated rings. The van der Waals surface area contributed by atoms with E-state index in [2.05, 4.69) is 19.1 Å². The van der Waals surface area contributed by atoms with E-state index in [0.717, 1.165) is 37.8 Å². The fourth-order valence-electron chi connectivity index (χ4n) is 4.52. The zero-order valence-electron chi connectivity index (χ0n) is 17.0. The summed E-state index contributed by atoms with van der Waals surface area (Å²) in [5.41, 5.74) is 1.45. The van der Waals surface area contributed by atoms with E-state index in [1.807, 2.05) is 53.4 Å². The Bertz CT molecular complexity index is 827. The number of carbonyl (C=O) groups excluding carboxylic acids is 2. The predicted octanol–water partition coefficient (Wildman–Crippen LogP) is 4.71. The molecule has 0 amide bonds. The number of hydrogen-bond acceptors (Lipinski definition) is 4. The summed E-state index contributed by atoms with van der Waals surface area (Å²) in [6, 6.07) is 19.4. The molecule has 29 heavy (non-hydrogen) atoms. The fourth-order valence-corrected chi connectivity index (χ4v) is 4.52. The lowest BCUT2D eigenvalue weighted by Crippen LogP contribution is -2.58. The number of cyclic esters (lactones) is 1. The number of carbonyl (C=O) groups is 2. The van der Waals surface area contributed by atoms with Crippen molar-refractivity contribution in [3.05, 3.63) is 66.2 Å². The van der Waals surface area contributed by atoms with Gasteiger partial charge in [-0.05, 0) is 49.8 Å². The minimum absolute atomic E-state index is 0.00138. The number of Topliss-reactive ketones (excluding diaryl/α,β-unsaturated/α-hetero) is 1. The largest absolute Gasteiger partial charge is 0.457 e. The maximum Gasteiger partial charge on any atom is 0.337 e. The molecule has 2 unspecified atom stereocenters. The molecule has 0 N–H and O–H groups in total. The predicted molar refractivity (Wildman–Crippen MR) is 114 cm³/mol. The summed E-state index contributed by atoms with van der Waals surface area (Å²) in [4.78, 5) is 28.5. The lowest BCUT2D eigenvalue weighted by molar-refractivity contribution is -0.174. The number of anilines is 1. The Kier molecular flexibility index (Phi) is 5.70. The second-order valence-corrected chi connectivity index (χ2v) is 8.36. The van der Waals surface area contributed by atoms with Crippen molar-refractivity contribution < 1.29 is 14.3 Å². The molecule has 2 aromatic carbocycles. The van der Waals surface area contributed by atoms with Gasteiger partial charge in [-0.3, -0.25) is 4.79 Å². The number of benzene rings is 2. The van der Waals surface area contributed by atoms with Crippen molar-refractivity contribution in [1.29, 1.82) is 0 Å². The molecular formula is C25H29NO3. The van der Waals surface area contributed by atoms with Crippen LogP contribution in [0.3, 0.4) is 0 Å². The highest BCUT2D eigenvalue weighted by molar-refractivity contribution is 6.08. The van der Waals surface area contributed by atoms with E-state index < -0.39 is 11.6 Å². The van der Waals surface area contributed by atoms with Gasteiger partial charge in [0.05, 0.1) is 0 Å². The average molecular weight is 392 g/mol. The van der Waals surface area contributed by atoms with Crippen LogP contribution in [0.15, 0.2) is 60.7 Å². The van der Waals surface area contributed by atoms with E-state index in [-0.39, 0.29) is 17.8 Å². The highest BCUT2D eigenvalue weighted by atomic mass is 16.6. The van der Waals surface area contributed by atoms with Gasteiger partial charge in [0.25, 0.3) is 0 Å². The van der Waals surface area contributed by atoms with E-state index in [1.54, 1.807) is 0 Å². The van der Waals surface area contributed by atoms with Gasteiger partial charge in [0.15, 0.2) is 11.8 Å². The number of aryl methyl sites for hydroxylation is 1. The molecule has 0 spiro atoms. The molecule has 0 bridgehead atoms.